The molecular formula is C55H94BN9O11. The Hall–Kier alpha value is -4.67. The van der Waals surface area contributed by atoms with E-state index in [4.69, 9.17) is 30.2 Å². The molecule has 10 atom stereocenters. The van der Waals surface area contributed by atoms with Gasteiger partial charge in [0.25, 0.3) is 11.8 Å². The Morgan fingerprint density at radius 3 is 2.05 bits per heavy atom. The van der Waals surface area contributed by atoms with Crippen molar-refractivity contribution in [1.82, 2.24) is 36.8 Å². The van der Waals surface area contributed by atoms with Gasteiger partial charge in [-0.25, -0.2) is 0 Å². The Balaban J connectivity index is 1.32. The van der Waals surface area contributed by atoms with Crippen LogP contribution in [0, 0.1) is 35.0 Å². The average Bonchev–Trinajstić information content (AvgIpc) is 3.64. The van der Waals surface area contributed by atoms with Crippen molar-refractivity contribution in [3.05, 3.63) is 35.4 Å². The number of ether oxygens (including phenoxy) is 2. The molecule has 1 aliphatic heterocycles. The number of rotatable bonds is 32. The van der Waals surface area contributed by atoms with Crippen molar-refractivity contribution in [2.75, 3.05) is 46.4 Å². The Labute approximate surface area is 453 Å². The van der Waals surface area contributed by atoms with E-state index in [0.29, 0.717) is 30.4 Å². The Morgan fingerprint density at radius 1 is 0.763 bits per heavy atom. The summed E-state index contributed by atoms with van der Waals surface area (Å²) in [7, 11) is 0.713. The summed E-state index contributed by atoms with van der Waals surface area (Å²) in [6.07, 6.45) is 5.38. The molecule has 1 heterocycles. The number of aryl methyl sites for hydroxylation is 1. The quantitative estimate of drug-likeness (QED) is 0.0293. The summed E-state index contributed by atoms with van der Waals surface area (Å²) in [6, 6.07) is 2.63. The first kappa shape index (κ1) is 63.9. The number of nitrogens with two attached hydrogens (primary N) is 2. The van der Waals surface area contributed by atoms with E-state index in [2.05, 4.69) is 66.5 Å². The number of hydrogen-bond acceptors (Lipinski definition) is 13. The second kappa shape index (κ2) is 28.8. The molecule has 7 amide bonds. The van der Waals surface area contributed by atoms with Gasteiger partial charge < -0.3 is 67.1 Å². The fraction of sp³-hybridized carbons (Fsp3) is 0.764. The molecule has 3 aliphatic carbocycles. The predicted molar refractivity (Wildman–Crippen MR) is 292 cm³/mol. The summed E-state index contributed by atoms with van der Waals surface area (Å²) in [5, 5.41) is 16.0. The molecule has 4 aliphatic rings. The molecular weight excluding hydrogens is 973 g/mol. The zero-order valence-electron chi connectivity index (χ0n) is 47.9. The number of carbonyl (C=O) groups is 7. The first-order valence-electron chi connectivity index (χ1n) is 27.8. The molecule has 21 heteroatoms. The van der Waals surface area contributed by atoms with Crippen LogP contribution in [0.25, 0.3) is 0 Å². The maximum Gasteiger partial charge on any atom is 0.478 e. The summed E-state index contributed by atoms with van der Waals surface area (Å²) < 4.78 is 24.7. The topological polar surface area (TPSA) is 284 Å². The minimum Gasteiger partial charge on any atom is -0.402 e. The summed E-state index contributed by atoms with van der Waals surface area (Å²) in [5.41, 5.74) is 13.1. The third kappa shape index (κ3) is 17.4. The van der Waals surface area contributed by atoms with Crippen LogP contribution in [-0.2, 0) is 54.0 Å². The second-order valence-electron chi connectivity index (χ2n) is 23.7. The van der Waals surface area contributed by atoms with Crippen molar-refractivity contribution in [3.63, 3.8) is 0 Å². The molecule has 428 valence electrons. The number of nitrogens with zero attached hydrogens (tertiary/aromatic N) is 1. The van der Waals surface area contributed by atoms with Crippen molar-refractivity contribution in [2.24, 2.45) is 46.5 Å². The number of likely N-dealkylation sites (N-methyl/N-ethyl adjacent to an activating group) is 1. The number of nitrogens with one attached hydrogen (secondary N) is 6. The molecule has 20 nitrogen and oxygen atoms in total. The Morgan fingerprint density at radius 2 is 1.43 bits per heavy atom. The molecule has 10 N–H and O–H groups in total. The SMILES string of the molecule is CCCCCCc1ccc(C(=O)N[C@H](CCOCC(C)C)C(=O)N[C@H](N)C(=O)NCC(=O)N(C)[C@H](C(=O)NC[C@@H](N)C(=O)N[C@@H](CC(C)C)C(=O)NCB2O[C@]3(C)C[C@@H]4C[C@@H](C4(C)C)[C@]3(C)O2)C(C)OCC(C)C)cc1. The lowest BCUT2D eigenvalue weighted by Gasteiger charge is -2.67. The van der Waals surface area contributed by atoms with Gasteiger partial charge in [0, 0.05) is 39.0 Å². The molecule has 1 aromatic carbocycles. The van der Waals surface area contributed by atoms with Crippen LogP contribution in [0.2, 0.25) is 0 Å². The zero-order valence-corrected chi connectivity index (χ0v) is 47.9. The monoisotopic (exact) mass is 1070 g/mol. The van der Waals surface area contributed by atoms with Crippen LogP contribution in [0.15, 0.2) is 24.3 Å². The van der Waals surface area contributed by atoms with Gasteiger partial charge >= 0.3 is 7.12 Å². The van der Waals surface area contributed by atoms with E-state index < -0.39 is 103 Å². The van der Waals surface area contributed by atoms with Crippen LogP contribution in [-0.4, -0.2) is 147 Å². The van der Waals surface area contributed by atoms with Crippen molar-refractivity contribution in [2.45, 2.75) is 189 Å². The molecule has 1 saturated heterocycles. The lowest BCUT2D eigenvalue weighted by atomic mass is 9.41. The van der Waals surface area contributed by atoms with E-state index in [1.54, 1.807) is 19.1 Å². The highest BCUT2D eigenvalue weighted by atomic mass is 16.7. The molecule has 2 bridgehead atoms. The van der Waals surface area contributed by atoms with E-state index in [9.17, 15) is 33.6 Å². The first-order chi connectivity index (χ1) is 35.6. The van der Waals surface area contributed by atoms with Gasteiger partial charge in [-0.2, -0.15) is 0 Å². The van der Waals surface area contributed by atoms with Crippen molar-refractivity contribution in [3.8, 4) is 0 Å². The maximum absolute atomic E-state index is 13.9. The zero-order chi connectivity index (χ0) is 56.7. The van der Waals surface area contributed by atoms with Gasteiger partial charge in [-0.05, 0) is 112 Å². The highest BCUT2D eigenvalue weighted by molar-refractivity contribution is 6.46. The van der Waals surface area contributed by atoms with Crippen LogP contribution in [0.5, 0.6) is 0 Å². The minimum absolute atomic E-state index is 0.0244. The highest BCUT2D eigenvalue weighted by Gasteiger charge is 2.72. The van der Waals surface area contributed by atoms with Gasteiger partial charge in [-0.1, -0.05) is 93.7 Å². The summed E-state index contributed by atoms with van der Waals surface area (Å²) in [4.78, 5) is 96.1. The molecule has 0 aromatic heterocycles. The third-order valence-electron chi connectivity index (χ3n) is 15.6. The van der Waals surface area contributed by atoms with E-state index in [1.807, 2.05) is 53.7 Å². The van der Waals surface area contributed by atoms with Gasteiger partial charge in [0.05, 0.1) is 30.3 Å². The Bertz CT molecular complexity index is 2110. The number of amides is 7. The predicted octanol–water partition coefficient (Wildman–Crippen LogP) is 3.12. The summed E-state index contributed by atoms with van der Waals surface area (Å²) in [6.45, 7) is 24.1. The van der Waals surface area contributed by atoms with E-state index >= 15 is 0 Å². The smallest absolute Gasteiger partial charge is 0.402 e. The maximum atomic E-state index is 13.9. The Kier molecular flexibility index (Phi) is 24.2. The third-order valence-corrected chi connectivity index (χ3v) is 15.6. The number of hydrogen-bond donors (Lipinski definition) is 8. The summed E-state index contributed by atoms with van der Waals surface area (Å²) >= 11 is 0. The molecule has 76 heavy (non-hydrogen) atoms. The van der Waals surface area contributed by atoms with Crippen LogP contribution in [0.4, 0.5) is 0 Å². The van der Waals surface area contributed by atoms with E-state index in [0.717, 1.165) is 49.0 Å². The first-order valence-corrected chi connectivity index (χ1v) is 27.8. The van der Waals surface area contributed by atoms with Gasteiger partial charge in [0.15, 0.2) is 6.17 Å². The fourth-order valence-electron chi connectivity index (χ4n) is 10.7. The van der Waals surface area contributed by atoms with E-state index in [-0.39, 0.29) is 55.8 Å². The highest BCUT2D eigenvalue weighted by Crippen LogP contribution is 2.69. The van der Waals surface area contributed by atoms with Gasteiger partial charge in [0.2, 0.25) is 29.5 Å². The van der Waals surface area contributed by atoms with Crippen LogP contribution in [0.1, 0.15) is 150 Å². The minimum atomic E-state index is -1.62. The van der Waals surface area contributed by atoms with Crippen molar-refractivity contribution in [1.29, 1.82) is 0 Å². The van der Waals surface area contributed by atoms with Gasteiger partial charge in [0.1, 0.15) is 24.2 Å². The molecule has 3 saturated carbocycles. The molecule has 4 fully saturated rings. The molecule has 0 radical (unpaired) electrons. The van der Waals surface area contributed by atoms with Crippen molar-refractivity contribution < 1.29 is 52.3 Å². The van der Waals surface area contributed by atoms with E-state index in [1.165, 1.54) is 13.5 Å². The number of carbonyl (C=O) groups excluding carboxylic acids is 7. The van der Waals surface area contributed by atoms with Crippen LogP contribution < -0.4 is 43.4 Å². The molecule has 0 spiro atoms. The van der Waals surface area contributed by atoms with Gasteiger partial charge in [-0.3, -0.25) is 33.6 Å². The fourth-order valence-corrected chi connectivity index (χ4v) is 10.7. The molecule has 1 aromatic rings. The number of benzene rings is 1. The number of unbranched alkanes of at least 4 members (excludes halogenated alkanes) is 3. The summed E-state index contributed by atoms with van der Waals surface area (Å²) in [5.74, 6) is -3.38. The largest absolute Gasteiger partial charge is 0.478 e. The lowest BCUT2D eigenvalue weighted by molar-refractivity contribution is -0.235. The van der Waals surface area contributed by atoms with Crippen LogP contribution >= 0.6 is 0 Å². The normalized spacial score (nSPS) is 22.8. The van der Waals surface area contributed by atoms with Crippen LogP contribution in [0.3, 0.4) is 0 Å². The lowest BCUT2D eigenvalue weighted by Crippen LogP contribution is -2.70. The standard InChI is InChI=1S/C55H94BN9O11/c1-14-15-16-17-18-37-19-21-38(22-20-37)47(67)62-41(23-24-73-30-34(4)5)50(70)64-46(58)52(72)60-29-44(66)65(13)45(36(8)74-31-35(6)7)51(71)59-28-40(57)48(68)63-42(25-33(2)3)49(69)61-32-56-75-54(11)27-39-26-43(53(39,9)10)55(54,12)76-56/h19-22,33-36,39-43,45-46H,14-18,23-32,57-58H2,1-13H3,(H,59,71)(H,60,72)(H,61,69)(H,62,67)(H,63,68)(H,64,70)/t36?,39-,40+,41+,42-,43-,45-,46-,54+,55-/m0/s1. The molecule has 1 unspecified atom stereocenters. The second-order valence-corrected chi connectivity index (χ2v) is 23.7. The average molecular weight is 1070 g/mol. The van der Waals surface area contributed by atoms with Crippen molar-refractivity contribution >= 4 is 48.5 Å². The van der Waals surface area contributed by atoms with Gasteiger partial charge in [-0.15, -0.1) is 0 Å². The molecule has 5 rings (SSSR count).